The molecular weight excluding hydrogens is 328 g/mol. The fourth-order valence-electron chi connectivity index (χ4n) is 2.87. The summed E-state index contributed by atoms with van der Waals surface area (Å²) in [7, 11) is 0. The van der Waals surface area contributed by atoms with Crippen LogP contribution in [0, 0.1) is 0 Å². The lowest BCUT2D eigenvalue weighted by Gasteiger charge is -2.12. The van der Waals surface area contributed by atoms with E-state index in [1.807, 2.05) is 56.3 Å². The van der Waals surface area contributed by atoms with Crippen molar-refractivity contribution in [1.82, 2.24) is 0 Å². The number of rotatable bonds is 5. The molecule has 1 fully saturated rings. The number of ether oxygens (including phenoxy) is 2. The molecule has 0 spiro atoms. The highest BCUT2D eigenvalue weighted by atomic mass is 16.6. The van der Waals surface area contributed by atoms with Crippen LogP contribution < -0.4 is 0 Å². The lowest BCUT2D eigenvalue weighted by molar-refractivity contribution is -0.132. The molecule has 2 atom stereocenters. The summed E-state index contributed by atoms with van der Waals surface area (Å²) in [6.45, 7) is 8.26. The number of carbonyl (C=O) groups excluding carboxylic acids is 2. The van der Waals surface area contributed by atoms with Crippen LogP contribution >= 0.6 is 0 Å². The van der Waals surface area contributed by atoms with Crippen LogP contribution in [0.3, 0.4) is 0 Å². The molecule has 1 saturated carbocycles. The van der Waals surface area contributed by atoms with Crippen molar-refractivity contribution >= 4 is 12.4 Å². The lowest BCUT2D eigenvalue weighted by atomic mass is 10.0. The van der Waals surface area contributed by atoms with Gasteiger partial charge in [0, 0.05) is 12.8 Å². The highest BCUT2D eigenvalue weighted by molar-refractivity contribution is 5.90. The summed E-state index contributed by atoms with van der Waals surface area (Å²) in [4.78, 5) is 22.7. The fraction of sp³-hybridized carbons (Fsp3) is 0.273. The first-order valence-electron chi connectivity index (χ1n) is 8.80. The Bertz CT molecular complexity index is 734. The summed E-state index contributed by atoms with van der Waals surface area (Å²) in [6.07, 6.45) is 0.321. The second kappa shape index (κ2) is 9.56. The largest absolute Gasteiger partial charge is 0.460 e. The first-order valence-corrected chi connectivity index (χ1v) is 8.80. The SMILES string of the molecule is C=C1C[C@@H](OC(=O)c2ccc(-c3ccccc3)cc2)C[C@H]1OC=O.CC. The molecule has 0 unspecified atom stereocenters. The molecule has 136 valence electrons. The van der Waals surface area contributed by atoms with Crippen molar-refractivity contribution in [3.05, 3.63) is 72.3 Å². The average Bonchev–Trinajstić information content (AvgIpc) is 3.03. The Balaban J connectivity index is 0.00000117. The molecule has 4 heteroatoms. The van der Waals surface area contributed by atoms with Gasteiger partial charge in [-0.2, -0.15) is 0 Å². The van der Waals surface area contributed by atoms with Crippen molar-refractivity contribution in [1.29, 1.82) is 0 Å². The minimum absolute atomic E-state index is 0.302. The summed E-state index contributed by atoms with van der Waals surface area (Å²) in [5, 5.41) is 0. The zero-order chi connectivity index (χ0) is 18.9. The molecule has 1 aliphatic carbocycles. The van der Waals surface area contributed by atoms with Crippen LogP contribution in [0.15, 0.2) is 66.7 Å². The van der Waals surface area contributed by atoms with Gasteiger partial charge in [-0.1, -0.05) is 62.9 Å². The molecule has 2 aromatic carbocycles. The Morgan fingerprint density at radius 3 is 2.27 bits per heavy atom. The molecule has 0 heterocycles. The van der Waals surface area contributed by atoms with E-state index in [2.05, 4.69) is 6.58 Å². The van der Waals surface area contributed by atoms with E-state index >= 15 is 0 Å². The van der Waals surface area contributed by atoms with Gasteiger partial charge in [-0.15, -0.1) is 0 Å². The third kappa shape index (κ3) is 4.82. The van der Waals surface area contributed by atoms with E-state index in [0.717, 1.165) is 16.7 Å². The fourth-order valence-corrected chi connectivity index (χ4v) is 2.87. The van der Waals surface area contributed by atoms with E-state index in [4.69, 9.17) is 9.47 Å². The molecule has 0 N–H and O–H groups in total. The maximum Gasteiger partial charge on any atom is 0.338 e. The third-order valence-corrected chi connectivity index (χ3v) is 4.14. The van der Waals surface area contributed by atoms with Gasteiger partial charge in [-0.3, -0.25) is 4.79 Å². The van der Waals surface area contributed by atoms with Crippen molar-refractivity contribution in [2.45, 2.75) is 38.9 Å². The van der Waals surface area contributed by atoms with Crippen molar-refractivity contribution in [2.75, 3.05) is 0 Å². The summed E-state index contributed by atoms with van der Waals surface area (Å²) < 4.78 is 10.4. The van der Waals surface area contributed by atoms with Gasteiger partial charge in [-0.25, -0.2) is 4.79 Å². The van der Waals surface area contributed by atoms with E-state index < -0.39 is 0 Å². The van der Waals surface area contributed by atoms with Crippen molar-refractivity contribution in [2.24, 2.45) is 0 Å². The number of hydrogen-bond donors (Lipinski definition) is 0. The van der Waals surface area contributed by atoms with Gasteiger partial charge >= 0.3 is 5.97 Å². The average molecular weight is 352 g/mol. The maximum absolute atomic E-state index is 12.3. The summed E-state index contributed by atoms with van der Waals surface area (Å²) >= 11 is 0. The Kier molecular flexibility index (Phi) is 7.15. The standard InChI is InChI=1S/C20H18O4.C2H6/c1-14-11-18(12-19(14)23-13-21)24-20(22)17-9-7-16(8-10-17)15-5-3-2-4-6-15;1-2/h2-10,13,18-19H,1,11-12H2;1-2H3/t18-,19-;/m1./s1. The van der Waals surface area contributed by atoms with Crippen molar-refractivity contribution < 1.29 is 19.1 Å². The molecule has 1 aliphatic rings. The van der Waals surface area contributed by atoms with Crippen LogP contribution in [0.4, 0.5) is 0 Å². The Morgan fingerprint density at radius 2 is 1.65 bits per heavy atom. The van der Waals surface area contributed by atoms with Gasteiger partial charge in [0.25, 0.3) is 6.47 Å². The third-order valence-electron chi connectivity index (χ3n) is 4.14. The highest BCUT2D eigenvalue weighted by Gasteiger charge is 2.32. The molecule has 3 rings (SSSR count). The number of benzene rings is 2. The topological polar surface area (TPSA) is 52.6 Å². The van der Waals surface area contributed by atoms with Crippen LogP contribution in [0.25, 0.3) is 11.1 Å². The second-order valence-electron chi connectivity index (χ2n) is 5.79. The Hall–Kier alpha value is -2.88. The molecular formula is C22H24O4. The van der Waals surface area contributed by atoms with Crippen LogP contribution in [0.1, 0.15) is 37.0 Å². The van der Waals surface area contributed by atoms with Gasteiger partial charge in [0.05, 0.1) is 5.56 Å². The highest BCUT2D eigenvalue weighted by Crippen LogP contribution is 2.29. The van der Waals surface area contributed by atoms with Gasteiger partial charge in [0.2, 0.25) is 0 Å². The van der Waals surface area contributed by atoms with Crippen LogP contribution in [-0.4, -0.2) is 24.6 Å². The first kappa shape index (κ1) is 19.4. The Morgan fingerprint density at radius 1 is 1.04 bits per heavy atom. The van der Waals surface area contributed by atoms with Crippen molar-refractivity contribution in [3.8, 4) is 11.1 Å². The summed E-state index contributed by atoms with van der Waals surface area (Å²) in [6, 6.07) is 17.3. The predicted molar refractivity (Wildman–Crippen MR) is 102 cm³/mol. The molecule has 0 amide bonds. The molecule has 0 radical (unpaired) electrons. The number of carbonyl (C=O) groups is 2. The molecule has 0 aliphatic heterocycles. The minimum Gasteiger partial charge on any atom is -0.460 e. The zero-order valence-corrected chi connectivity index (χ0v) is 15.2. The quantitative estimate of drug-likeness (QED) is 0.441. The molecule has 0 aromatic heterocycles. The minimum atomic E-state index is -0.376. The van der Waals surface area contributed by atoms with Gasteiger partial charge in [0.15, 0.2) is 0 Å². The zero-order valence-electron chi connectivity index (χ0n) is 15.2. The second-order valence-corrected chi connectivity index (χ2v) is 5.79. The van der Waals surface area contributed by atoms with E-state index in [0.29, 0.717) is 24.9 Å². The number of esters is 1. The first-order chi connectivity index (χ1) is 12.7. The van der Waals surface area contributed by atoms with E-state index in [1.54, 1.807) is 12.1 Å². The van der Waals surface area contributed by atoms with E-state index in [-0.39, 0.29) is 18.2 Å². The summed E-state index contributed by atoms with van der Waals surface area (Å²) in [5.74, 6) is -0.376. The van der Waals surface area contributed by atoms with Crippen LogP contribution in [0.2, 0.25) is 0 Å². The normalized spacial score (nSPS) is 18.5. The van der Waals surface area contributed by atoms with Crippen LogP contribution in [-0.2, 0) is 14.3 Å². The lowest BCUT2D eigenvalue weighted by Crippen LogP contribution is -2.17. The maximum atomic E-state index is 12.3. The van der Waals surface area contributed by atoms with Gasteiger partial charge in [0.1, 0.15) is 12.2 Å². The van der Waals surface area contributed by atoms with Gasteiger partial charge < -0.3 is 9.47 Å². The van der Waals surface area contributed by atoms with E-state index in [9.17, 15) is 9.59 Å². The molecule has 26 heavy (non-hydrogen) atoms. The summed E-state index contributed by atoms with van der Waals surface area (Å²) in [5.41, 5.74) is 3.42. The number of hydrogen-bond acceptors (Lipinski definition) is 4. The monoisotopic (exact) mass is 352 g/mol. The Labute approximate surface area is 154 Å². The predicted octanol–water partition coefficient (Wildman–Crippen LogP) is 4.80. The smallest absolute Gasteiger partial charge is 0.338 e. The van der Waals surface area contributed by atoms with Crippen LogP contribution in [0.5, 0.6) is 0 Å². The van der Waals surface area contributed by atoms with E-state index in [1.165, 1.54) is 0 Å². The molecule has 0 bridgehead atoms. The molecule has 2 aromatic rings. The molecule has 0 saturated heterocycles. The molecule has 4 nitrogen and oxygen atoms in total. The van der Waals surface area contributed by atoms with Crippen molar-refractivity contribution in [3.63, 3.8) is 0 Å². The van der Waals surface area contributed by atoms with Gasteiger partial charge in [-0.05, 0) is 28.8 Å².